The molecule has 0 saturated carbocycles. The van der Waals surface area contributed by atoms with Crippen molar-refractivity contribution in [2.24, 2.45) is 0 Å². The Morgan fingerprint density at radius 3 is 2.11 bits per heavy atom. The molecule has 2 aromatic carbocycles. The number of nitro groups is 1. The van der Waals surface area contributed by atoms with E-state index in [0.29, 0.717) is 17.1 Å². The predicted octanol–water partition coefficient (Wildman–Crippen LogP) is 3.14. The third-order valence-electron chi connectivity index (χ3n) is 4.18. The van der Waals surface area contributed by atoms with Crippen LogP contribution in [0.5, 0.6) is 11.5 Å². The molecule has 1 amide bonds. The van der Waals surface area contributed by atoms with Crippen LogP contribution in [-0.4, -0.2) is 38.1 Å². The first-order valence-corrected chi connectivity index (χ1v) is 8.21. The number of carbonyl (C=O) groups excluding carboxylic acids is 2. The molecule has 0 radical (unpaired) electrons. The number of amides is 1. The summed E-state index contributed by atoms with van der Waals surface area (Å²) in [4.78, 5) is 35.0. The fourth-order valence-electron chi connectivity index (χ4n) is 2.54. The lowest BCUT2D eigenvalue weighted by molar-refractivity contribution is -0.384. The molecule has 0 spiro atoms. The number of esters is 1. The average Bonchev–Trinajstić information content (AvgIpc) is 2.72. The van der Waals surface area contributed by atoms with E-state index in [-0.39, 0.29) is 16.9 Å². The van der Waals surface area contributed by atoms with Crippen LogP contribution in [0, 0.1) is 10.1 Å². The minimum absolute atomic E-state index is 0.0655. The van der Waals surface area contributed by atoms with Gasteiger partial charge in [0, 0.05) is 24.3 Å². The molecule has 0 aliphatic carbocycles. The maximum atomic E-state index is 12.7. The van der Waals surface area contributed by atoms with Gasteiger partial charge in [-0.1, -0.05) is 12.1 Å². The number of hydrogen-bond donors (Lipinski definition) is 1. The summed E-state index contributed by atoms with van der Waals surface area (Å²) in [6.45, 7) is 1.65. The van der Waals surface area contributed by atoms with Gasteiger partial charge in [-0.25, -0.2) is 4.79 Å². The molecule has 0 aromatic heterocycles. The van der Waals surface area contributed by atoms with Gasteiger partial charge in [0.1, 0.15) is 0 Å². The van der Waals surface area contributed by atoms with E-state index in [0.717, 1.165) is 0 Å². The van der Waals surface area contributed by atoms with Gasteiger partial charge in [-0.15, -0.1) is 0 Å². The molecular formula is C19H20N2O7. The first-order valence-electron chi connectivity index (χ1n) is 8.21. The normalized spacial score (nSPS) is 11.3. The molecule has 0 saturated heterocycles. The lowest BCUT2D eigenvalue weighted by Gasteiger charge is -2.17. The number of rotatable bonds is 7. The van der Waals surface area contributed by atoms with Crippen molar-refractivity contribution < 1.29 is 28.7 Å². The summed E-state index contributed by atoms with van der Waals surface area (Å²) >= 11 is 0. The highest BCUT2D eigenvalue weighted by atomic mass is 16.6. The molecule has 9 nitrogen and oxygen atoms in total. The Bertz CT molecular complexity index is 894. The second kappa shape index (κ2) is 8.85. The lowest BCUT2D eigenvalue weighted by Crippen LogP contribution is -2.21. The first-order chi connectivity index (χ1) is 13.3. The van der Waals surface area contributed by atoms with Crippen LogP contribution in [0.4, 0.5) is 11.4 Å². The molecule has 9 heteroatoms. The Morgan fingerprint density at radius 2 is 1.61 bits per heavy atom. The monoisotopic (exact) mass is 388 g/mol. The van der Waals surface area contributed by atoms with Crippen LogP contribution in [0.15, 0.2) is 36.4 Å². The van der Waals surface area contributed by atoms with E-state index in [1.165, 1.54) is 57.7 Å². The Hall–Kier alpha value is -3.62. The number of ether oxygens (including phenoxy) is 3. The number of nitro benzene ring substituents is 1. The van der Waals surface area contributed by atoms with Crippen molar-refractivity contribution in [2.75, 3.05) is 26.6 Å². The van der Waals surface area contributed by atoms with Crippen molar-refractivity contribution in [2.45, 2.75) is 12.8 Å². The summed E-state index contributed by atoms with van der Waals surface area (Å²) in [5, 5.41) is 13.4. The van der Waals surface area contributed by atoms with Gasteiger partial charge in [0.2, 0.25) is 5.91 Å². The largest absolute Gasteiger partial charge is 0.493 e. The zero-order chi connectivity index (χ0) is 20.8. The van der Waals surface area contributed by atoms with Crippen LogP contribution in [0.1, 0.15) is 28.8 Å². The number of nitrogens with one attached hydrogen (secondary N) is 1. The summed E-state index contributed by atoms with van der Waals surface area (Å²) in [5.41, 5.74) is 0.820. The van der Waals surface area contributed by atoms with Gasteiger partial charge in [0.05, 0.1) is 43.4 Å². The number of methoxy groups -OCH3 is 3. The predicted molar refractivity (Wildman–Crippen MR) is 101 cm³/mol. The summed E-state index contributed by atoms with van der Waals surface area (Å²) in [6.07, 6.45) is 0. The topological polar surface area (TPSA) is 117 Å². The van der Waals surface area contributed by atoms with Gasteiger partial charge < -0.3 is 19.5 Å². The highest BCUT2D eigenvalue weighted by molar-refractivity contribution is 6.03. The van der Waals surface area contributed by atoms with E-state index >= 15 is 0 Å². The second-order valence-electron chi connectivity index (χ2n) is 5.80. The highest BCUT2D eigenvalue weighted by Crippen LogP contribution is 2.34. The van der Waals surface area contributed by atoms with Crippen LogP contribution in [0.3, 0.4) is 0 Å². The second-order valence-corrected chi connectivity index (χ2v) is 5.80. The number of anilines is 1. The van der Waals surface area contributed by atoms with Crippen LogP contribution < -0.4 is 14.8 Å². The summed E-state index contributed by atoms with van der Waals surface area (Å²) in [6, 6.07) is 8.56. The summed E-state index contributed by atoms with van der Waals surface area (Å²) in [5.74, 6) is -1.05. The van der Waals surface area contributed by atoms with E-state index < -0.39 is 22.7 Å². The van der Waals surface area contributed by atoms with Crippen LogP contribution in [0.25, 0.3) is 0 Å². The Labute approximate surface area is 161 Å². The summed E-state index contributed by atoms with van der Waals surface area (Å²) in [7, 11) is 4.08. The molecule has 0 heterocycles. The van der Waals surface area contributed by atoms with E-state index in [2.05, 4.69) is 5.32 Å². The van der Waals surface area contributed by atoms with Crippen molar-refractivity contribution in [1.82, 2.24) is 0 Å². The van der Waals surface area contributed by atoms with E-state index in [4.69, 9.17) is 14.2 Å². The first kappa shape index (κ1) is 20.7. The fraction of sp³-hybridized carbons (Fsp3) is 0.263. The van der Waals surface area contributed by atoms with Gasteiger partial charge in [-0.3, -0.25) is 14.9 Å². The molecule has 0 aliphatic heterocycles. The van der Waals surface area contributed by atoms with E-state index in [1.807, 2.05) is 0 Å². The van der Waals surface area contributed by atoms with Crippen molar-refractivity contribution in [3.63, 3.8) is 0 Å². The molecule has 0 aliphatic rings. The summed E-state index contributed by atoms with van der Waals surface area (Å²) < 4.78 is 15.2. The van der Waals surface area contributed by atoms with E-state index in [1.54, 1.807) is 6.92 Å². The molecule has 0 fully saturated rings. The fourth-order valence-corrected chi connectivity index (χ4v) is 2.54. The molecule has 0 bridgehead atoms. The smallest absolute Gasteiger partial charge is 0.340 e. The molecule has 2 aromatic rings. The number of non-ortho nitro benzene ring substituents is 1. The number of hydrogen-bond acceptors (Lipinski definition) is 7. The van der Waals surface area contributed by atoms with Crippen LogP contribution in [0.2, 0.25) is 0 Å². The number of carbonyl (C=O) groups is 2. The zero-order valence-corrected chi connectivity index (χ0v) is 15.8. The van der Waals surface area contributed by atoms with Crippen molar-refractivity contribution in [1.29, 1.82) is 0 Å². The van der Waals surface area contributed by atoms with Gasteiger partial charge >= 0.3 is 5.97 Å². The molecule has 1 unspecified atom stereocenters. The molecule has 1 N–H and O–H groups in total. The molecule has 28 heavy (non-hydrogen) atoms. The molecule has 148 valence electrons. The van der Waals surface area contributed by atoms with E-state index in [9.17, 15) is 19.7 Å². The van der Waals surface area contributed by atoms with Gasteiger partial charge in [0.15, 0.2) is 11.5 Å². The third-order valence-corrected chi connectivity index (χ3v) is 4.18. The van der Waals surface area contributed by atoms with Crippen molar-refractivity contribution in [3.05, 3.63) is 57.6 Å². The maximum absolute atomic E-state index is 12.7. The molecule has 1 atom stereocenters. The molecular weight excluding hydrogens is 368 g/mol. The Morgan fingerprint density at radius 1 is 1.04 bits per heavy atom. The number of benzene rings is 2. The maximum Gasteiger partial charge on any atom is 0.340 e. The standard InChI is InChI=1S/C19H20N2O7/c1-11(12-5-7-13(8-6-12)21(24)25)18(22)20-15-10-17(27-3)16(26-2)9-14(15)19(23)28-4/h5-11H,1-4H3,(H,20,22). The van der Waals surface area contributed by atoms with Gasteiger partial charge in [-0.05, 0) is 12.5 Å². The molecule has 2 rings (SSSR count). The SMILES string of the molecule is COC(=O)c1cc(OC)c(OC)cc1NC(=O)C(C)c1ccc([N+](=O)[O-])cc1. The minimum Gasteiger partial charge on any atom is -0.493 e. The lowest BCUT2D eigenvalue weighted by atomic mass is 9.99. The third kappa shape index (κ3) is 4.37. The van der Waals surface area contributed by atoms with Gasteiger partial charge in [-0.2, -0.15) is 0 Å². The Kier molecular flexibility index (Phi) is 6.54. The highest BCUT2D eigenvalue weighted by Gasteiger charge is 2.22. The van der Waals surface area contributed by atoms with Gasteiger partial charge in [0.25, 0.3) is 5.69 Å². The number of nitrogens with zero attached hydrogens (tertiary/aromatic N) is 1. The van der Waals surface area contributed by atoms with Crippen LogP contribution in [-0.2, 0) is 9.53 Å². The van der Waals surface area contributed by atoms with Crippen molar-refractivity contribution in [3.8, 4) is 11.5 Å². The van der Waals surface area contributed by atoms with Crippen molar-refractivity contribution >= 4 is 23.3 Å². The van der Waals surface area contributed by atoms with Crippen LogP contribution >= 0.6 is 0 Å². The minimum atomic E-state index is -0.653. The Balaban J connectivity index is 2.33. The quantitative estimate of drug-likeness (QED) is 0.440. The zero-order valence-electron chi connectivity index (χ0n) is 15.8. The average molecular weight is 388 g/mol.